The number of sulfonamides is 6. The number of nitrogens with one attached hydrogen (secondary N) is 7. The van der Waals surface area contributed by atoms with Gasteiger partial charge in [-0.1, -0.05) is 133 Å². The van der Waals surface area contributed by atoms with Crippen LogP contribution in [0.1, 0.15) is 19.4 Å². The monoisotopic (exact) mass is 2160 g/mol. The minimum atomic E-state index is -4.70. The Balaban J connectivity index is 0.000000145. The molecule has 0 unspecified atom stereocenters. The SMILES string of the molecule is CC(C)C(=O)Nc1cc(C(F)(F)F)ccc1S(=O)(=O)Nc1cccc2cccnc12.COc1cc(NS(=O)(=O)c2ccc(Cl)cc2Cl)c2ncccc2c1.COc1cc(NS(=O)(=O)c2ccc(Cl)cc2F)c2ncccc2c1.COc1cc(NS(=O)(=O)c2cccnc2)c2ncccc2c1.O=S(=O)(Nc1ccc(Cl)c2cccnc12)c1cccnc1.O=S(=O)(Nc1cccc2cccnc12)c1cccc(Cl)c1F. The summed E-state index contributed by atoms with van der Waals surface area (Å²) in [7, 11) is -19.5. The number of pyridine rings is 8. The van der Waals surface area contributed by atoms with Crippen LogP contribution in [0.25, 0.3) is 65.4 Å². The molecule has 10 aromatic carbocycles. The third-order valence-electron chi connectivity index (χ3n) is 20.0. The molecule has 143 heavy (non-hydrogen) atoms. The molecule has 8 heterocycles. The highest BCUT2D eigenvalue weighted by Crippen LogP contribution is 2.40. The van der Waals surface area contributed by atoms with E-state index in [0.29, 0.717) is 106 Å². The van der Waals surface area contributed by atoms with Gasteiger partial charge in [-0.2, -0.15) is 13.2 Å². The van der Waals surface area contributed by atoms with Crippen molar-refractivity contribution < 1.29 is 91.5 Å². The highest BCUT2D eigenvalue weighted by atomic mass is 35.5. The Bertz CT molecular complexity index is 8420. The fraction of sp³-hybridized carbons (Fsp3) is 0.0729. The molecule has 0 saturated carbocycles. The summed E-state index contributed by atoms with van der Waals surface area (Å²) in [5.41, 5.74) is 2.98. The number of carbonyl (C=O) groups is 1. The average Bonchev–Trinajstić information content (AvgIpc) is 0.856. The molecular formula is C96H75Cl5F5N15O16S6. The molecule has 736 valence electrons. The van der Waals surface area contributed by atoms with Crippen LogP contribution in [0, 0.1) is 17.6 Å². The van der Waals surface area contributed by atoms with E-state index in [4.69, 9.17) is 72.2 Å². The molecule has 18 rings (SSSR count). The first-order valence-corrected chi connectivity index (χ1v) is 52.1. The van der Waals surface area contributed by atoms with Crippen molar-refractivity contribution in [3.05, 3.63) is 359 Å². The van der Waals surface area contributed by atoms with Crippen LogP contribution in [0.5, 0.6) is 17.2 Å². The zero-order valence-corrected chi connectivity index (χ0v) is 83.1. The Morgan fingerprint density at radius 2 is 0.685 bits per heavy atom. The predicted molar refractivity (Wildman–Crippen MR) is 543 cm³/mol. The van der Waals surface area contributed by atoms with Crippen LogP contribution in [0.2, 0.25) is 25.1 Å². The fourth-order valence-electron chi connectivity index (χ4n) is 13.3. The smallest absolute Gasteiger partial charge is 0.416 e. The van der Waals surface area contributed by atoms with E-state index in [2.05, 4.69) is 73.5 Å². The lowest BCUT2D eigenvalue weighted by Crippen LogP contribution is -2.22. The van der Waals surface area contributed by atoms with Gasteiger partial charge in [-0.15, -0.1) is 0 Å². The number of rotatable bonds is 23. The Kier molecular flexibility index (Phi) is 33.7. The van der Waals surface area contributed by atoms with Gasteiger partial charge in [0.05, 0.1) is 115 Å². The van der Waals surface area contributed by atoms with E-state index in [1.165, 1.54) is 133 Å². The number of para-hydroxylation sites is 2. The Morgan fingerprint density at radius 1 is 0.322 bits per heavy atom. The van der Waals surface area contributed by atoms with E-state index in [0.717, 1.165) is 40.4 Å². The number of carbonyl (C=O) groups excluding carboxylic acids is 1. The van der Waals surface area contributed by atoms with Gasteiger partial charge >= 0.3 is 6.18 Å². The molecule has 0 fully saturated rings. The molecule has 0 atom stereocenters. The second-order valence-corrected chi connectivity index (χ2v) is 42.1. The number of hydrogen-bond donors (Lipinski definition) is 7. The molecule has 0 aliphatic carbocycles. The van der Waals surface area contributed by atoms with E-state index in [-0.39, 0.29) is 46.8 Å². The molecule has 0 bridgehead atoms. The average molecular weight is 2160 g/mol. The lowest BCUT2D eigenvalue weighted by molar-refractivity contribution is -0.137. The van der Waals surface area contributed by atoms with Crippen LogP contribution in [-0.2, 0) is 71.1 Å². The molecule has 47 heteroatoms. The van der Waals surface area contributed by atoms with Gasteiger partial charge in [0.1, 0.15) is 52.4 Å². The number of anilines is 7. The second kappa shape index (κ2) is 45.6. The number of nitrogens with zero attached hydrogens (tertiary/aromatic N) is 8. The van der Waals surface area contributed by atoms with Gasteiger partial charge in [-0.3, -0.25) is 73.0 Å². The van der Waals surface area contributed by atoms with Gasteiger partial charge in [-0.05, 0) is 176 Å². The van der Waals surface area contributed by atoms with Crippen molar-refractivity contribution >= 4 is 229 Å². The molecule has 31 nitrogen and oxygen atoms in total. The standard InChI is InChI=1S/C20H18F3N3O3S.C16H12Cl2N2O3S.C16H12ClFN2O3S.C15H10ClFN2O2S.C15H13N3O3S.C14H10ClN3O2S/c1-12(2)19(27)25-16-11-14(20(21,22)23)8-9-17(16)30(28,29)26-15-7-3-5-13-6-4-10-24-18(13)15;2*1-23-12-7-10-3-2-6-19-16(10)14(9-12)20-24(21,22)15-5-4-11(17)8-13(15)18;16-11-6-2-8-13(14(11)17)22(20,21)19-12-7-1-4-10-5-3-9-18-15(10)12;1-21-12-8-11-4-2-7-17-15(11)14(9-12)18-22(19,20)13-5-3-6-16-10-13;15-12-5-6-13(14-11(12)4-2-8-17-14)18-21(19,20)10-3-1-7-16-9-10/h3-12,26H,1-2H3,(H,25,27);2*2-9,20H,1H3;1-9,19H;2-10,18H,1H3;1-9,18H. The Hall–Kier alpha value is -14.6. The van der Waals surface area contributed by atoms with Crippen molar-refractivity contribution in [2.24, 2.45) is 5.92 Å². The maximum atomic E-state index is 14.0. The van der Waals surface area contributed by atoms with Gasteiger partial charge in [0.25, 0.3) is 60.1 Å². The van der Waals surface area contributed by atoms with Gasteiger partial charge < -0.3 is 19.5 Å². The number of hydrogen-bond acceptors (Lipinski definition) is 24. The first-order valence-electron chi connectivity index (χ1n) is 41.3. The second-order valence-electron chi connectivity index (χ2n) is 30.1. The maximum Gasteiger partial charge on any atom is 0.416 e. The van der Waals surface area contributed by atoms with Crippen molar-refractivity contribution in [3.8, 4) is 17.2 Å². The number of benzene rings is 10. The summed E-state index contributed by atoms with van der Waals surface area (Å²) in [5.74, 6) is -1.59. The lowest BCUT2D eigenvalue weighted by atomic mass is 10.1. The number of aromatic nitrogens is 8. The summed E-state index contributed by atoms with van der Waals surface area (Å²) >= 11 is 29.2. The molecule has 1 amide bonds. The van der Waals surface area contributed by atoms with Crippen LogP contribution < -0.4 is 47.9 Å². The number of methoxy groups -OCH3 is 3. The Morgan fingerprint density at radius 3 is 1.12 bits per heavy atom. The quantitative estimate of drug-likeness (QED) is 0.0292. The molecule has 18 aromatic rings. The van der Waals surface area contributed by atoms with Crippen molar-refractivity contribution in [1.82, 2.24) is 39.9 Å². The summed E-state index contributed by atoms with van der Waals surface area (Å²) in [6.45, 7) is 3.08. The Labute approximate surface area is 840 Å². The van der Waals surface area contributed by atoms with Crippen molar-refractivity contribution in [2.45, 2.75) is 49.4 Å². The van der Waals surface area contributed by atoms with E-state index < -0.39 is 116 Å². The molecule has 0 spiro atoms. The summed E-state index contributed by atoms with van der Waals surface area (Å²) in [5, 5.41) is 7.40. The molecule has 7 N–H and O–H groups in total. The van der Waals surface area contributed by atoms with Crippen LogP contribution in [0.3, 0.4) is 0 Å². The topological polar surface area (TPSA) is 437 Å². The first kappa shape index (κ1) is 106. The minimum absolute atomic E-state index is 0.0372. The van der Waals surface area contributed by atoms with Crippen molar-refractivity contribution in [3.63, 3.8) is 0 Å². The van der Waals surface area contributed by atoms with Gasteiger partial charge in [-0.25, -0.2) is 59.3 Å². The third kappa shape index (κ3) is 26.4. The number of alkyl halides is 3. The van der Waals surface area contributed by atoms with Crippen LogP contribution in [0.4, 0.5) is 61.8 Å². The number of ether oxygens (including phenoxy) is 3. The first-order chi connectivity index (χ1) is 68.0. The fourth-order valence-corrected chi connectivity index (χ4v) is 21.3. The summed E-state index contributed by atoms with van der Waals surface area (Å²) in [6.07, 6.45) is 10.3. The number of amides is 1. The van der Waals surface area contributed by atoms with Gasteiger partial charge in [0.2, 0.25) is 5.91 Å². The molecule has 0 radical (unpaired) electrons. The lowest BCUT2D eigenvalue weighted by Gasteiger charge is -2.17. The molecule has 8 aromatic heterocycles. The van der Waals surface area contributed by atoms with Crippen LogP contribution in [0.15, 0.2) is 346 Å². The van der Waals surface area contributed by atoms with E-state index >= 15 is 0 Å². The number of halogens is 10. The highest BCUT2D eigenvalue weighted by molar-refractivity contribution is 7.94. The molecule has 0 aliphatic rings. The van der Waals surface area contributed by atoms with Gasteiger partial charge in [0.15, 0.2) is 5.82 Å². The largest absolute Gasteiger partial charge is 0.497 e. The summed E-state index contributed by atoms with van der Waals surface area (Å²) < 4.78 is 248. The van der Waals surface area contributed by atoms with Crippen LogP contribution >= 0.6 is 58.0 Å². The maximum absolute atomic E-state index is 14.0. The molecule has 0 aliphatic heterocycles. The highest BCUT2D eigenvalue weighted by Gasteiger charge is 2.34. The normalized spacial score (nSPS) is 11.6. The summed E-state index contributed by atoms with van der Waals surface area (Å²) in [4.78, 5) is 43.5. The van der Waals surface area contributed by atoms with Gasteiger partial charge in [0, 0.05) is 128 Å². The number of fused-ring (bicyclic) bond motifs is 6. The van der Waals surface area contributed by atoms with Crippen molar-refractivity contribution in [1.29, 1.82) is 0 Å². The van der Waals surface area contributed by atoms with E-state index in [1.54, 1.807) is 170 Å². The van der Waals surface area contributed by atoms with Crippen LogP contribution in [-0.4, -0.2) is 118 Å². The minimum Gasteiger partial charge on any atom is -0.497 e. The zero-order chi connectivity index (χ0) is 103. The third-order valence-corrected chi connectivity index (χ3v) is 29.9. The van der Waals surface area contributed by atoms with E-state index in [9.17, 15) is 77.3 Å². The summed E-state index contributed by atoms with van der Waals surface area (Å²) in [6, 6.07) is 63.8. The molecular weight excluding hydrogens is 2080 g/mol. The van der Waals surface area contributed by atoms with Crippen molar-refractivity contribution in [2.75, 3.05) is 55.0 Å². The molecule has 0 saturated heterocycles. The zero-order valence-electron chi connectivity index (χ0n) is 74.4. The predicted octanol–water partition coefficient (Wildman–Crippen LogP) is 22.2. The van der Waals surface area contributed by atoms with E-state index in [1.807, 2.05) is 12.1 Å².